The van der Waals surface area contributed by atoms with Crippen LogP contribution in [0.2, 0.25) is 0 Å². The van der Waals surface area contributed by atoms with Crippen molar-refractivity contribution in [3.63, 3.8) is 0 Å². The zero-order valence-electron chi connectivity index (χ0n) is 14.8. The second-order valence-corrected chi connectivity index (χ2v) is 11.2. The smallest absolute Gasteiger partial charge is 0.244 e. The third-order valence-electron chi connectivity index (χ3n) is 4.97. The first-order valence-corrected chi connectivity index (χ1v) is 12.4. The first-order valence-electron chi connectivity index (χ1n) is 8.64. The fourth-order valence-corrected chi connectivity index (χ4v) is 6.28. The topological polar surface area (TPSA) is 73.2 Å². The molecule has 1 unspecified atom stereocenters. The number of hydrogen-bond acceptors (Lipinski definition) is 4. The molecule has 5 nitrogen and oxygen atoms in total. The van der Waals surface area contributed by atoms with E-state index in [9.17, 15) is 16.8 Å². The number of aromatic nitrogens is 1. The molecule has 2 aromatic rings. The van der Waals surface area contributed by atoms with Crippen LogP contribution in [0.25, 0.3) is 0 Å². The Kier molecular flexibility index (Phi) is 5.25. The zero-order chi connectivity index (χ0) is 19.1. The van der Waals surface area contributed by atoms with Gasteiger partial charge in [0, 0.05) is 22.6 Å². The van der Waals surface area contributed by atoms with Crippen LogP contribution in [0, 0.1) is 12.8 Å². The van der Waals surface area contributed by atoms with Crippen molar-refractivity contribution in [1.29, 1.82) is 0 Å². The van der Waals surface area contributed by atoms with E-state index in [1.54, 1.807) is 12.1 Å². The molecule has 0 fully saturated rings. The summed E-state index contributed by atoms with van der Waals surface area (Å²) in [5.41, 5.74) is 2.04. The van der Waals surface area contributed by atoms with Crippen molar-refractivity contribution >= 4 is 29.8 Å². The first-order chi connectivity index (χ1) is 12.1. The van der Waals surface area contributed by atoms with Gasteiger partial charge < -0.3 is 0 Å². The average Bonchev–Trinajstić information content (AvgIpc) is 2.95. The molecule has 1 heterocycles. The van der Waals surface area contributed by atoms with Gasteiger partial charge in [-0.3, -0.25) is 0 Å². The minimum Gasteiger partial charge on any atom is -0.244 e. The lowest BCUT2D eigenvalue weighted by Gasteiger charge is -2.24. The molecular formula is C18H22ClNO4S2. The third kappa shape index (κ3) is 3.57. The molecule has 0 N–H and O–H groups in total. The number of halogens is 1. The molecule has 0 saturated heterocycles. The number of fused-ring (bicyclic) bond motifs is 1. The second kappa shape index (κ2) is 7.02. The second-order valence-electron chi connectivity index (χ2n) is 6.87. The van der Waals surface area contributed by atoms with Crippen LogP contribution in [-0.2, 0) is 31.9 Å². The van der Waals surface area contributed by atoms with Gasteiger partial charge >= 0.3 is 0 Å². The summed E-state index contributed by atoms with van der Waals surface area (Å²) in [6, 6.07) is 6.53. The van der Waals surface area contributed by atoms with Gasteiger partial charge in [0.1, 0.15) is 4.90 Å². The predicted octanol–water partition coefficient (Wildman–Crippen LogP) is 3.87. The lowest BCUT2D eigenvalue weighted by atomic mass is 9.85. The van der Waals surface area contributed by atoms with E-state index in [-0.39, 0.29) is 9.79 Å². The summed E-state index contributed by atoms with van der Waals surface area (Å²) < 4.78 is 51.4. The van der Waals surface area contributed by atoms with Crippen molar-refractivity contribution in [1.82, 2.24) is 3.97 Å². The Hall–Kier alpha value is -1.31. The molecule has 1 aromatic heterocycles. The quantitative estimate of drug-likeness (QED) is 0.695. The first kappa shape index (κ1) is 19.5. The summed E-state index contributed by atoms with van der Waals surface area (Å²) in [6.07, 6.45) is 5.08. The van der Waals surface area contributed by atoms with Gasteiger partial charge in [0.25, 0.3) is 19.1 Å². The Labute approximate surface area is 159 Å². The monoisotopic (exact) mass is 415 g/mol. The molecule has 0 radical (unpaired) electrons. The van der Waals surface area contributed by atoms with Crippen molar-refractivity contribution < 1.29 is 16.8 Å². The molecule has 0 spiro atoms. The molecule has 1 aromatic carbocycles. The van der Waals surface area contributed by atoms with Gasteiger partial charge in [-0.05, 0) is 49.8 Å². The Morgan fingerprint density at radius 2 is 1.81 bits per heavy atom. The summed E-state index contributed by atoms with van der Waals surface area (Å²) >= 11 is 0. The number of rotatable bonds is 5. The normalized spacial score (nSPS) is 17.9. The highest BCUT2D eigenvalue weighted by molar-refractivity contribution is 8.13. The molecule has 0 saturated carbocycles. The van der Waals surface area contributed by atoms with E-state index >= 15 is 0 Å². The van der Waals surface area contributed by atoms with E-state index < -0.39 is 19.1 Å². The lowest BCUT2D eigenvalue weighted by Crippen LogP contribution is -2.21. The molecule has 0 bridgehead atoms. The highest BCUT2D eigenvalue weighted by Gasteiger charge is 2.33. The van der Waals surface area contributed by atoms with Crippen LogP contribution in [-0.4, -0.2) is 20.8 Å². The van der Waals surface area contributed by atoms with Crippen LogP contribution in [0.5, 0.6) is 0 Å². The molecule has 26 heavy (non-hydrogen) atoms. The lowest BCUT2D eigenvalue weighted by molar-refractivity contribution is 0.415. The van der Waals surface area contributed by atoms with Crippen LogP contribution < -0.4 is 0 Å². The van der Waals surface area contributed by atoms with E-state index in [2.05, 4.69) is 6.92 Å². The van der Waals surface area contributed by atoms with Crippen molar-refractivity contribution in [3.05, 3.63) is 47.3 Å². The minimum atomic E-state index is -4.02. The molecule has 1 atom stereocenters. The highest BCUT2D eigenvalue weighted by Crippen LogP contribution is 2.36. The van der Waals surface area contributed by atoms with Crippen LogP contribution in [0.1, 0.15) is 43.0 Å². The molecule has 142 valence electrons. The third-order valence-corrected chi connectivity index (χ3v) is 8.06. The molecule has 1 aliphatic carbocycles. The van der Waals surface area contributed by atoms with Crippen molar-refractivity contribution in [3.8, 4) is 0 Å². The van der Waals surface area contributed by atoms with Gasteiger partial charge in [-0.25, -0.2) is 20.8 Å². The molecule has 8 heteroatoms. The van der Waals surface area contributed by atoms with Crippen LogP contribution >= 0.6 is 10.7 Å². The fourth-order valence-electron chi connectivity index (χ4n) is 3.65. The standard InChI is InChI=1S/C18H22ClNO4S2/c1-3-4-14-7-10-16-17(11-14)20(12-18(16)25(19,21)22)26(23,24)15-8-5-13(2)6-9-15/h5-6,8-9,12,14H,3-4,7,10-11H2,1-2H3. The Morgan fingerprint density at radius 3 is 2.38 bits per heavy atom. The molecule has 0 aliphatic heterocycles. The van der Waals surface area contributed by atoms with E-state index in [0.29, 0.717) is 30.0 Å². The van der Waals surface area contributed by atoms with Gasteiger partial charge in [0.2, 0.25) is 0 Å². The van der Waals surface area contributed by atoms with Crippen LogP contribution in [0.4, 0.5) is 0 Å². The maximum absolute atomic E-state index is 13.1. The van der Waals surface area contributed by atoms with Gasteiger partial charge in [-0.15, -0.1) is 0 Å². The number of nitrogens with zero attached hydrogens (tertiary/aromatic N) is 1. The van der Waals surface area contributed by atoms with Gasteiger partial charge in [0.05, 0.1) is 4.90 Å². The predicted molar refractivity (Wildman–Crippen MR) is 102 cm³/mol. The van der Waals surface area contributed by atoms with Crippen molar-refractivity contribution in [2.75, 3.05) is 0 Å². The fraction of sp³-hybridized carbons (Fsp3) is 0.444. The van der Waals surface area contributed by atoms with Crippen molar-refractivity contribution in [2.24, 2.45) is 5.92 Å². The van der Waals surface area contributed by atoms with E-state index in [1.165, 1.54) is 18.3 Å². The van der Waals surface area contributed by atoms with Crippen molar-refractivity contribution in [2.45, 2.75) is 55.7 Å². The SMILES string of the molecule is CCCC1CCc2c(S(=O)(=O)Cl)cn(S(=O)(=O)c3ccc(C)cc3)c2C1. The van der Waals surface area contributed by atoms with E-state index in [0.717, 1.165) is 28.8 Å². The van der Waals surface area contributed by atoms with Gasteiger partial charge in [-0.2, -0.15) is 0 Å². The summed E-state index contributed by atoms with van der Waals surface area (Å²) in [5, 5.41) is 0. The molecule has 0 amide bonds. The van der Waals surface area contributed by atoms with E-state index in [1.807, 2.05) is 6.92 Å². The number of aryl methyl sites for hydroxylation is 1. The number of hydrogen-bond donors (Lipinski definition) is 0. The summed E-state index contributed by atoms with van der Waals surface area (Å²) in [4.78, 5) is 0.0526. The largest absolute Gasteiger partial charge is 0.267 e. The summed E-state index contributed by atoms with van der Waals surface area (Å²) in [6.45, 7) is 3.97. The van der Waals surface area contributed by atoms with Gasteiger partial charge in [0.15, 0.2) is 0 Å². The van der Waals surface area contributed by atoms with Crippen LogP contribution in [0.15, 0.2) is 40.3 Å². The molecular weight excluding hydrogens is 394 g/mol. The van der Waals surface area contributed by atoms with E-state index in [4.69, 9.17) is 10.7 Å². The number of benzene rings is 1. The Bertz CT molecular complexity index is 1020. The maximum Gasteiger partial charge on any atom is 0.267 e. The summed E-state index contributed by atoms with van der Waals surface area (Å²) in [5.74, 6) is 0.347. The van der Waals surface area contributed by atoms with Gasteiger partial charge in [-0.1, -0.05) is 37.5 Å². The molecule has 1 aliphatic rings. The average molecular weight is 416 g/mol. The van der Waals surface area contributed by atoms with Crippen LogP contribution in [0.3, 0.4) is 0 Å². The Morgan fingerprint density at radius 1 is 1.15 bits per heavy atom. The summed E-state index contributed by atoms with van der Waals surface area (Å²) in [7, 11) is -2.31. The molecule has 3 rings (SSSR count). The maximum atomic E-state index is 13.1. The zero-order valence-corrected chi connectivity index (χ0v) is 17.2. The highest BCUT2D eigenvalue weighted by atomic mass is 35.7. The minimum absolute atomic E-state index is 0.0835. The Balaban J connectivity index is 2.18.